The van der Waals surface area contributed by atoms with Crippen LogP contribution >= 0.6 is 0 Å². The van der Waals surface area contributed by atoms with Crippen molar-refractivity contribution in [3.63, 3.8) is 0 Å². The molecule has 1 unspecified atom stereocenters. The number of primary amides is 1. The van der Waals surface area contributed by atoms with E-state index in [0.29, 0.717) is 5.82 Å². The van der Waals surface area contributed by atoms with Crippen LogP contribution in [0.1, 0.15) is 10.4 Å². The Bertz CT molecular complexity index is 405. The van der Waals surface area contributed by atoms with Gasteiger partial charge in [-0.15, -0.1) is 0 Å². The fraction of sp³-hybridized carbons (Fsp3) is 0.300. The summed E-state index contributed by atoms with van der Waals surface area (Å²) in [6.45, 7) is 0.0781. The largest absolute Gasteiger partial charge is 0.479 e. The summed E-state index contributed by atoms with van der Waals surface area (Å²) < 4.78 is 4.73. The maximum atomic E-state index is 10.8. The Morgan fingerprint density at radius 3 is 2.71 bits per heavy atom. The molecular formula is C10H13N3O4. The number of aliphatic carboxylic acids is 1. The van der Waals surface area contributed by atoms with E-state index < -0.39 is 18.0 Å². The topological polar surface area (TPSA) is 115 Å². The number of ether oxygens (including phenoxy) is 1. The second kappa shape index (κ2) is 5.80. The zero-order valence-corrected chi connectivity index (χ0v) is 9.21. The number of nitrogens with zero attached hydrogens (tertiary/aromatic N) is 1. The Labute approximate surface area is 97.6 Å². The molecule has 17 heavy (non-hydrogen) atoms. The molecule has 0 saturated carbocycles. The maximum Gasteiger partial charge on any atom is 0.334 e. The number of anilines is 1. The SMILES string of the molecule is COC(CNc1ccc(C(N)=O)cn1)C(=O)O. The number of pyridine rings is 1. The van der Waals surface area contributed by atoms with Gasteiger partial charge in [0.15, 0.2) is 6.10 Å². The highest BCUT2D eigenvalue weighted by atomic mass is 16.5. The van der Waals surface area contributed by atoms with Crippen LogP contribution < -0.4 is 11.1 Å². The van der Waals surface area contributed by atoms with Crippen LogP contribution in [0.2, 0.25) is 0 Å². The van der Waals surface area contributed by atoms with E-state index in [-0.39, 0.29) is 12.1 Å². The predicted molar refractivity (Wildman–Crippen MR) is 59.7 cm³/mol. The molecule has 92 valence electrons. The minimum atomic E-state index is -1.06. The Hall–Kier alpha value is -2.15. The van der Waals surface area contributed by atoms with Gasteiger partial charge in [0.25, 0.3) is 0 Å². The number of hydrogen-bond acceptors (Lipinski definition) is 5. The van der Waals surface area contributed by atoms with Crippen molar-refractivity contribution >= 4 is 17.7 Å². The maximum absolute atomic E-state index is 10.8. The standard InChI is InChI=1S/C10H13N3O4/c1-17-7(10(15)16)5-13-8-3-2-6(4-12-8)9(11)14/h2-4,7H,5H2,1H3,(H2,11,14)(H,12,13)(H,15,16). The van der Waals surface area contributed by atoms with E-state index in [1.807, 2.05) is 0 Å². The molecule has 1 aromatic heterocycles. The van der Waals surface area contributed by atoms with Gasteiger partial charge < -0.3 is 20.9 Å². The van der Waals surface area contributed by atoms with Gasteiger partial charge in [-0.2, -0.15) is 0 Å². The summed E-state index contributed by atoms with van der Waals surface area (Å²) in [6.07, 6.45) is 0.361. The lowest BCUT2D eigenvalue weighted by atomic mass is 10.2. The van der Waals surface area contributed by atoms with Crippen LogP contribution in [0.4, 0.5) is 5.82 Å². The number of methoxy groups -OCH3 is 1. The summed E-state index contributed by atoms with van der Waals surface area (Å²) in [6, 6.07) is 3.04. The summed E-state index contributed by atoms with van der Waals surface area (Å²) >= 11 is 0. The van der Waals surface area contributed by atoms with Gasteiger partial charge in [0, 0.05) is 13.3 Å². The Balaban J connectivity index is 2.58. The Morgan fingerprint density at radius 2 is 2.29 bits per heavy atom. The first-order chi connectivity index (χ1) is 8.04. The van der Waals surface area contributed by atoms with Crippen LogP contribution in [0.5, 0.6) is 0 Å². The second-order valence-electron chi connectivity index (χ2n) is 3.24. The first-order valence-electron chi connectivity index (χ1n) is 4.80. The molecule has 4 N–H and O–H groups in total. The average molecular weight is 239 g/mol. The number of aromatic nitrogens is 1. The third-order valence-corrected chi connectivity index (χ3v) is 2.08. The molecule has 1 atom stereocenters. The van der Waals surface area contributed by atoms with Gasteiger partial charge in [-0.3, -0.25) is 4.79 Å². The molecule has 0 spiro atoms. The molecule has 1 heterocycles. The summed E-state index contributed by atoms with van der Waals surface area (Å²) in [5, 5.41) is 11.5. The zero-order valence-electron chi connectivity index (χ0n) is 9.21. The van der Waals surface area contributed by atoms with Crippen molar-refractivity contribution in [1.29, 1.82) is 0 Å². The predicted octanol–water partition coefficient (Wildman–Crippen LogP) is -0.308. The van der Waals surface area contributed by atoms with Crippen molar-refractivity contribution in [1.82, 2.24) is 4.98 Å². The Kier molecular flexibility index (Phi) is 4.41. The lowest BCUT2D eigenvalue weighted by Crippen LogP contribution is -2.30. The van der Waals surface area contributed by atoms with Gasteiger partial charge in [0.2, 0.25) is 5.91 Å². The van der Waals surface area contributed by atoms with Crippen LogP contribution in [-0.2, 0) is 9.53 Å². The van der Waals surface area contributed by atoms with E-state index in [9.17, 15) is 9.59 Å². The first kappa shape index (κ1) is 12.9. The number of rotatable bonds is 6. The molecule has 0 fully saturated rings. The third kappa shape index (κ3) is 3.72. The highest BCUT2D eigenvalue weighted by molar-refractivity contribution is 5.92. The number of amides is 1. The molecule has 7 heteroatoms. The van der Waals surface area contributed by atoms with Crippen molar-refractivity contribution < 1.29 is 19.4 Å². The summed E-state index contributed by atoms with van der Waals surface area (Å²) in [5.41, 5.74) is 5.34. The highest BCUT2D eigenvalue weighted by Crippen LogP contribution is 2.05. The second-order valence-corrected chi connectivity index (χ2v) is 3.24. The average Bonchev–Trinajstić information content (AvgIpc) is 2.30. The first-order valence-corrected chi connectivity index (χ1v) is 4.80. The van der Waals surface area contributed by atoms with Crippen LogP contribution in [0.25, 0.3) is 0 Å². The van der Waals surface area contributed by atoms with Crippen molar-refractivity contribution in [3.8, 4) is 0 Å². The molecule has 7 nitrogen and oxygen atoms in total. The van der Waals surface area contributed by atoms with Gasteiger partial charge in [-0.25, -0.2) is 9.78 Å². The van der Waals surface area contributed by atoms with E-state index in [1.54, 1.807) is 0 Å². The molecule has 0 aliphatic heterocycles. The van der Waals surface area contributed by atoms with E-state index in [1.165, 1.54) is 25.4 Å². The third-order valence-electron chi connectivity index (χ3n) is 2.08. The normalized spacial score (nSPS) is 11.8. The molecular weight excluding hydrogens is 226 g/mol. The molecule has 0 aromatic carbocycles. The number of carbonyl (C=O) groups is 2. The van der Waals surface area contributed by atoms with Gasteiger partial charge in [-0.1, -0.05) is 0 Å². The molecule has 0 aliphatic rings. The van der Waals surface area contributed by atoms with E-state index in [0.717, 1.165) is 0 Å². The highest BCUT2D eigenvalue weighted by Gasteiger charge is 2.15. The number of hydrogen-bond donors (Lipinski definition) is 3. The van der Waals surface area contributed by atoms with Crippen molar-refractivity contribution in [2.45, 2.75) is 6.10 Å². The van der Waals surface area contributed by atoms with Crippen LogP contribution in [0.3, 0.4) is 0 Å². The molecule has 1 rings (SSSR count). The summed E-state index contributed by atoms with van der Waals surface area (Å²) in [4.78, 5) is 25.3. The molecule has 0 saturated heterocycles. The minimum Gasteiger partial charge on any atom is -0.479 e. The molecule has 0 radical (unpaired) electrons. The smallest absolute Gasteiger partial charge is 0.334 e. The molecule has 0 aliphatic carbocycles. The van der Waals surface area contributed by atoms with E-state index >= 15 is 0 Å². The number of carbonyl (C=O) groups excluding carboxylic acids is 1. The van der Waals surface area contributed by atoms with E-state index in [2.05, 4.69) is 10.3 Å². The van der Waals surface area contributed by atoms with Gasteiger partial charge in [-0.05, 0) is 12.1 Å². The van der Waals surface area contributed by atoms with Crippen LogP contribution in [-0.4, -0.2) is 41.7 Å². The lowest BCUT2D eigenvalue weighted by molar-refractivity contribution is -0.147. The monoisotopic (exact) mass is 239 g/mol. The number of carboxylic acids is 1. The molecule has 0 bridgehead atoms. The Morgan fingerprint density at radius 1 is 1.59 bits per heavy atom. The fourth-order valence-electron chi connectivity index (χ4n) is 1.11. The van der Waals surface area contributed by atoms with E-state index in [4.69, 9.17) is 15.6 Å². The lowest BCUT2D eigenvalue weighted by Gasteiger charge is -2.11. The van der Waals surface area contributed by atoms with Crippen molar-refractivity contribution in [3.05, 3.63) is 23.9 Å². The summed E-state index contributed by atoms with van der Waals surface area (Å²) in [7, 11) is 1.31. The number of nitrogens with one attached hydrogen (secondary N) is 1. The van der Waals surface area contributed by atoms with Gasteiger partial charge in [0.05, 0.1) is 12.1 Å². The van der Waals surface area contributed by atoms with Crippen LogP contribution in [0.15, 0.2) is 18.3 Å². The van der Waals surface area contributed by atoms with Crippen LogP contribution in [0, 0.1) is 0 Å². The van der Waals surface area contributed by atoms with Crippen molar-refractivity contribution in [2.24, 2.45) is 5.73 Å². The quantitative estimate of drug-likeness (QED) is 0.627. The fourth-order valence-corrected chi connectivity index (χ4v) is 1.11. The minimum absolute atomic E-state index is 0.0781. The van der Waals surface area contributed by atoms with Crippen molar-refractivity contribution in [2.75, 3.05) is 19.0 Å². The molecule has 1 aromatic rings. The van der Waals surface area contributed by atoms with Gasteiger partial charge >= 0.3 is 5.97 Å². The number of carboxylic acid groups (broad SMARTS) is 1. The molecule has 1 amide bonds. The summed E-state index contributed by atoms with van der Waals surface area (Å²) in [5.74, 6) is -1.18. The van der Waals surface area contributed by atoms with Gasteiger partial charge in [0.1, 0.15) is 5.82 Å². The zero-order chi connectivity index (χ0) is 12.8. The number of nitrogens with two attached hydrogens (primary N) is 1.